The van der Waals surface area contributed by atoms with Crippen molar-refractivity contribution >= 4 is 17.4 Å². The van der Waals surface area contributed by atoms with Gasteiger partial charge in [-0.1, -0.05) is 6.08 Å². The highest BCUT2D eigenvalue weighted by atomic mass is 19.1. The van der Waals surface area contributed by atoms with Crippen LogP contribution in [-0.2, 0) is 9.59 Å². The summed E-state index contributed by atoms with van der Waals surface area (Å²) < 4.78 is 13.0. The fourth-order valence-corrected chi connectivity index (χ4v) is 2.40. The number of nitrogens with zero attached hydrogens (tertiary/aromatic N) is 1. The second kappa shape index (κ2) is 4.56. The standard InChI is InChI=1S/C16H12FNO2/c1-10(19)11-2-7-15-12(8-11)9-16(20)18(15)14-5-3-13(17)4-6-14/h3-9H,2H2,1H3. The molecule has 1 aliphatic heterocycles. The van der Waals surface area contributed by atoms with Crippen molar-refractivity contribution in [3.8, 4) is 0 Å². The molecule has 0 aromatic heterocycles. The molecule has 0 atom stereocenters. The number of anilines is 1. The molecule has 1 heterocycles. The SMILES string of the molecule is CC(=O)C1=CC2=CC(=O)N(c3ccc(F)cc3)C2=CC1. The van der Waals surface area contributed by atoms with E-state index in [2.05, 4.69) is 0 Å². The van der Waals surface area contributed by atoms with Gasteiger partial charge in [0.2, 0.25) is 0 Å². The molecule has 3 nitrogen and oxygen atoms in total. The molecular formula is C16H12FNO2. The normalized spacial score (nSPS) is 17.4. The smallest absolute Gasteiger partial charge is 0.256 e. The van der Waals surface area contributed by atoms with E-state index >= 15 is 0 Å². The Kier molecular flexibility index (Phi) is 2.86. The molecule has 1 aliphatic carbocycles. The Morgan fingerprint density at radius 2 is 1.90 bits per heavy atom. The van der Waals surface area contributed by atoms with Crippen molar-refractivity contribution in [1.29, 1.82) is 0 Å². The third-order valence-corrected chi connectivity index (χ3v) is 3.42. The van der Waals surface area contributed by atoms with Gasteiger partial charge in [-0.15, -0.1) is 0 Å². The molecular weight excluding hydrogens is 257 g/mol. The van der Waals surface area contributed by atoms with Crippen LogP contribution in [0.25, 0.3) is 0 Å². The van der Waals surface area contributed by atoms with Crippen LogP contribution in [0.15, 0.2) is 59.3 Å². The summed E-state index contributed by atoms with van der Waals surface area (Å²) in [5.41, 5.74) is 2.80. The first-order valence-corrected chi connectivity index (χ1v) is 6.29. The van der Waals surface area contributed by atoms with E-state index in [9.17, 15) is 14.0 Å². The molecule has 1 aromatic rings. The summed E-state index contributed by atoms with van der Waals surface area (Å²) in [4.78, 5) is 25.0. The van der Waals surface area contributed by atoms with E-state index in [4.69, 9.17) is 0 Å². The van der Waals surface area contributed by atoms with Crippen molar-refractivity contribution in [1.82, 2.24) is 0 Å². The summed E-state index contributed by atoms with van der Waals surface area (Å²) in [7, 11) is 0. The van der Waals surface area contributed by atoms with Gasteiger partial charge in [-0.3, -0.25) is 14.5 Å². The van der Waals surface area contributed by atoms with Gasteiger partial charge in [-0.05, 0) is 49.3 Å². The lowest BCUT2D eigenvalue weighted by Gasteiger charge is -2.22. The molecule has 0 unspecified atom stereocenters. The zero-order valence-electron chi connectivity index (χ0n) is 10.9. The van der Waals surface area contributed by atoms with Gasteiger partial charge in [0.15, 0.2) is 5.78 Å². The van der Waals surface area contributed by atoms with Crippen LogP contribution in [0.2, 0.25) is 0 Å². The number of allylic oxidation sites excluding steroid dienone is 3. The zero-order chi connectivity index (χ0) is 14.3. The molecule has 0 N–H and O–H groups in total. The van der Waals surface area contributed by atoms with Gasteiger partial charge < -0.3 is 0 Å². The van der Waals surface area contributed by atoms with E-state index in [0.717, 1.165) is 11.3 Å². The molecule has 2 aliphatic rings. The largest absolute Gasteiger partial charge is 0.295 e. The maximum absolute atomic E-state index is 13.0. The molecule has 0 spiro atoms. The van der Waals surface area contributed by atoms with E-state index < -0.39 is 0 Å². The van der Waals surface area contributed by atoms with Crippen LogP contribution in [0.3, 0.4) is 0 Å². The minimum absolute atomic E-state index is 0.00822. The van der Waals surface area contributed by atoms with Gasteiger partial charge in [0.05, 0.1) is 5.70 Å². The number of hydrogen-bond donors (Lipinski definition) is 0. The minimum Gasteiger partial charge on any atom is -0.295 e. The zero-order valence-corrected chi connectivity index (χ0v) is 10.9. The van der Waals surface area contributed by atoms with Crippen LogP contribution in [0.5, 0.6) is 0 Å². The highest BCUT2D eigenvalue weighted by molar-refractivity contribution is 6.11. The Bertz CT molecular complexity index is 696. The third-order valence-electron chi connectivity index (χ3n) is 3.42. The number of fused-ring (bicyclic) bond motifs is 1. The molecule has 0 saturated carbocycles. The summed E-state index contributed by atoms with van der Waals surface area (Å²) in [6.07, 6.45) is 5.61. The van der Waals surface area contributed by atoms with Crippen LogP contribution in [0.4, 0.5) is 10.1 Å². The van der Waals surface area contributed by atoms with Crippen LogP contribution in [0.1, 0.15) is 13.3 Å². The lowest BCUT2D eigenvalue weighted by atomic mass is 9.97. The van der Waals surface area contributed by atoms with Gasteiger partial charge in [0.1, 0.15) is 5.82 Å². The topological polar surface area (TPSA) is 37.4 Å². The van der Waals surface area contributed by atoms with Crippen molar-refractivity contribution in [3.63, 3.8) is 0 Å². The average molecular weight is 269 g/mol. The Morgan fingerprint density at radius 3 is 2.55 bits per heavy atom. The predicted molar refractivity (Wildman–Crippen MR) is 73.4 cm³/mol. The van der Waals surface area contributed by atoms with Gasteiger partial charge >= 0.3 is 0 Å². The number of hydrogen-bond acceptors (Lipinski definition) is 2. The van der Waals surface area contributed by atoms with E-state index in [1.807, 2.05) is 6.08 Å². The third kappa shape index (κ3) is 1.99. The second-order valence-corrected chi connectivity index (χ2v) is 4.77. The summed E-state index contributed by atoms with van der Waals surface area (Å²) in [6.45, 7) is 1.51. The van der Waals surface area contributed by atoms with Crippen LogP contribution in [0, 0.1) is 5.82 Å². The second-order valence-electron chi connectivity index (χ2n) is 4.77. The number of Topliss-reactive ketones (excluding diaryl/α,β-unsaturated/α-hetero) is 1. The van der Waals surface area contributed by atoms with Crippen LogP contribution in [-0.4, -0.2) is 11.7 Å². The van der Waals surface area contributed by atoms with Crippen LogP contribution >= 0.6 is 0 Å². The summed E-state index contributed by atoms with van der Waals surface area (Å²) in [5.74, 6) is -0.516. The van der Waals surface area contributed by atoms with Gasteiger partial charge in [0, 0.05) is 17.3 Å². The fraction of sp³-hybridized carbons (Fsp3) is 0.125. The highest BCUT2D eigenvalue weighted by Crippen LogP contribution is 2.34. The average Bonchev–Trinajstić information content (AvgIpc) is 2.74. The molecule has 0 fully saturated rings. The molecule has 0 bridgehead atoms. The van der Waals surface area contributed by atoms with Crippen molar-refractivity contribution in [2.45, 2.75) is 13.3 Å². The lowest BCUT2D eigenvalue weighted by Crippen LogP contribution is -2.24. The number of carbonyl (C=O) groups excluding carboxylic acids is 2. The first-order chi connectivity index (χ1) is 9.56. The quantitative estimate of drug-likeness (QED) is 0.827. The molecule has 0 saturated heterocycles. The summed E-state index contributed by atoms with van der Waals surface area (Å²) in [6, 6.07) is 5.77. The lowest BCUT2D eigenvalue weighted by molar-refractivity contribution is -0.114. The molecule has 4 heteroatoms. The Balaban J connectivity index is 1.97. The number of rotatable bonds is 2. The maximum atomic E-state index is 13.0. The number of amides is 1. The molecule has 3 rings (SSSR count). The number of carbonyl (C=O) groups is 2. The Hall–Kier alpha value is -2.49. The fourth-order valence-electron chi connectivity index (χ4n) is 2.40. The summed E-state index contributed by atoms with van der Waals surface area (Å²) >= 11 is 0. The summed E-state index contributed by atoms with van der Waals surface area (Å²) in [5, 5.41) is 0. The minimum atomic E-state index is -0.343. The molecule has 0 radical (unpaired) electrons. The predicted octanol–water partition coefficient (Wildman–Crippen LogP) is 2.90. The molecule has 1 aromatic carbocycles. The van der Waals surface area contributed by atoms with Gasteiger partial charge in [-0.2, -0.15) is 0 Å². The number of halogens is 1. The monoisotopic (exact) mass is 269 g/mol. The van der Waals surface area contributed by atoms with Crippen molar-refractivity contribution in [2.24, 2.45) is 0 Å². The number of ketones is 1. The van der Waals surface area contributed by atoms with E-state index in [-0.39, 0.29) is 17.5 Å². The molecule has 100 valence electrons. The van der Waals surface area contributed by atoms with Crippen LogP contribution < -0.4 is 4.90 Å². The first-order valence-electron chi connectivity index (χ1n) is 6.29. The van der Waals surface area contributed by atoms with Crippen molar-refractivity contribution in [3.05, 3.63) is 65.2 Å². The van der Waals surface area contributed by atoms with Crippen molar-refractivity contribution in [2.75, 3.05) is 4.90 Å². The van der Waals surface area contributed by atoms with Gasteiger partial charge in [0.25, 0.3) is 5.91 Å². The van der Waals surface area contributed by atoms with Gasteiger partial charge in [-0.25, -0.2) is 4.39 Å². The number of benzene rings is 1. The first kappa shape index (κ1) is 12.5. The maximum Gasteiger partial charge on any atom is 0.256 e. The van der Waals surface area contributed by atoms with Crippen molar-refractivity contribution < 1.29 is 14.0 Å². The highest BCUT2D eigenvalue weighted by Gasteiger charge is 2.29. The van der Waals surface area contributed by atoms with E-state index in [1.165, 1.54) is 30.0 Å². The Morgan fingerprint density at radius 1 is 1.20 bits per heavy atom. The van der Waals surface area contributed by atoms with E-state index in [1.54, 1.807) is 18.2 Å². The molecule has 1 amide bonds. The van der Waals surface area contributed by atoms with E-state index in [0.29, 0.717) is 17.7 Å². The molecule has 20 heavy (non-hydrogen) atoms. The Labute approximate surface area is 115 Å².